The Labute approximate surface area is 163 Å². The summed E-state index contributed by atoms with van der Waals surface area (Å²) in [5.74, 6) is 1.63. The van der Waals surface area contributed by atoms with E-state index in [2.05, 4.69) is 73.0 Å². The van der Waals surface area contributed by atoms with Crippen molar-refractivity contribution in [2.45, 2.75) is 70.5 Å². The topological polar surface area (TPSA) is 36.4 Å². The summed E-state index contributed by atoms with van der Waals surface area (Å²) in [5.41, 5.74) is 5.15. The summed E-state index contributed by atoms with van der Waals surface area (Å²) in [5, 5.41) is 7.43. The van der Waals surface area contributed by atoms with E-state index in [-0.39, 0.29) is 6.04 Å². The number of aliphatic imine (C=N–C) groups is 1. The van der Waals surface area contributed by atoms with Crippen LogP contribution in [0.5, 0.6) is 0 Å². The van der Waals surface area contributed by atoms with E-state index in [0.717, 1.165) is 12.4 Å². The molecular weight excluding hydrogens is 330 g/mol. The van der Waals surface area contributed by atoms with Crippen molar-refractivity contribution in [1.82, 2.24) is 5.32 Å². The number of fused-ring (bicyclic) bond motifs is 1. The van der Waals surface area contributed by atoms with Gasteiger partial charge in [-0.3, -0.25) is 10.3 Å². The number of rotatable bonds is 3. The molecule has 1 atom stereocenters. The zero-order chi connectivity index (χ0) is 18.6. The minimum Gasteiger partial charge on any atom is -0.342 e. The van der Waals surface area contributed by atoms with Crippen LogP contribution in [0.3, 0.4) is 0 Å². The SMILES string of the molecule is CC(C)c1ccc([C@H]2NCc3ccccc3NC2=NC2CCCCC2)cc1. The van der Waals surface area contributed by atoms with Crippen molar-refractivity contribution in [1.29, 1.82) is 0 Å². The number of nitrogens with zero attached hydrogens (tertiary/aromatic N) is 1. The molecule has 2 aliphatic rings. The molecule has 3 nitrogen and oxygen atoms in total. The van der Waals surface area contributed by atoms with Crippen LogP contribution in [-0.2, 0) is 6.54 Å². The zero-order valence-corrected chi connectivity index (χ0v) is 16.5. The molecule has 4 rings (SSSR count). The predicted molar refractivity (Wildman–Crippen MR) is 114 cm³/mol. The highest BCUT2D eigenvalue weighted by Gasteiger charge is 2.24. The van der Waals surface area contributed by atoms with Gasteiger partial charge in [-0.25, -0.2) is 0 Å². The quantitative estimate of drug-likeness (QED) is 0.725. The Morgan fingerprint density at radius 2 is 1.67 bits per heavy atom. The Bertz CT molecular complexity index is 786. The molecule has 2 N–H and O–H groups in total. The second kappa shape index (κ2) is 8.26. The van der Waals surface area contributed by atoms with Crippen molar-refractivity contribution in [2.24, 2.45) is 4.99 Å². The van der Waals surface area contributed by atoms with Crippen molar-refractivity contribution >= 4 is 11.5 Å². The van der Waals surface area contributed by atoms with E-state index in [9.17, 15) is 0 Å². The van der Waals surface area contributed by atoms with E-state index in [1.54, 1.807) is 0 Å². The molecule has 1 aliphatic heterocycles. The van der Waals surface area contributed by atoms with Gasteiger partial charge >= 0.3 is 0 Å². The van der Waals surface area contributed by atoms with Gasteiger partial charge < -0.3 is 5.32 Å². The Morgan fingerprint density at radius 1 is 0.926 bits per heavy atom. The van der Waals surface area contributed by atoms with Gasteiger partial charge in [-0.1, -0.05) is 75.6 Å². The largest absolute Gasteiger partial charge is 0.342 e. The number of hydrogen-bond donors (Lipinski definition) is 2. The molecule has 142 valence electrons. The van der Waals surface area contributed by atoms with E-state index in [0.29, 0.717) is 12.0 Å². The van der Waals surface area contributed by atoms with Gasteiger partial charge in [0.05, 0.1) is 12.1 Å². The van der Waals surface area contributed by atoms with Gasteiger partial charge in [-0.2, -0.15) is 0 Å². The molecular formula is C24H31N3. The van der Waals surface area contributed by atoms with Gasteiger partial charge in [0.25, 0.3) is 0 Å². The average molecular weight is 362 g/mol. The van der Waals surface area contributed by atoms with Crippen LogP contribution < -0.4 is 10.6 Å². The summed E-state index contributed by atoms with van der Waals surface area (Å²) in [4.78, 5) is 5.21. The van der Waals surface area contributed by atoms with Gasteiger partial charge in [-0.05, 0) is 41.5 Å². The van der Waals surface area contributed by atoms with Gasteiger partial charge in [0.1, 0.15) is 5.84 Å². The average Bonchev–Trinajstić information content (AvgIpc) is 2.88. The Morgan fingerprint density at radius 3 is 2.41 bits per heavy atom. The number of benzene rings is 2. The zero-order valence-electron chi connectivity index (χ0n) is 16.5. The molecule has 1 aliphatic carbocycles. The van der Waals surface area contributed by atoms with Crippen molar-refractivity contribution in [2.75, 3.05) is 5.32 Å². The summed E-state index contributed by atoms with van der Waals surface area (Å²) in [7, 11) is 0. The Hall–Kier alpha value is -2.13. The summed E-state index contributed by atoms with van der Waals surface area (Å²) in [6, 6.07) is 18.2. The fourth-order valence-electron chi connectivity index (χ4n) is 4.18. The monoisotopic (exact) mass is 361 g/mol. The third kappa shape index (κ3) is 4.24. The minimum atomic E-state index is 0.112. The molecule has 0 unspecified atom stereocenters. The highest BCUT2D eigenvalue weighted by molar-refractivity contribution is 6.01. The first kappa shape index (κ1) is 18.2. The van der Waals surface area contributed by atoms with Gasteiger partial charge in [0.2, 0.25) is 0 Å². The van der Waals surface area contributed by atoms with E-state index in [4.69, 9.17) is 4.99 Å². The number of amidine groups is 1. The lowest BCUT2D eigenvalue weighted by atomic mass is 9.95. The highest BCUT2D eigenvalue weighted by atomic mass is 15.1. The number of hydrogen-bond acceptors (Lipinski definition) is 2. The van der Waals surface area contributed by atoms with Gasteiger partial charge in [-0.15, -0.1) is 0 Å². The molecule has 3 heteroatoms. The number of nitrogens with one attached hydrogen (secondary N) is 2. The van der Waals surface area contributed by atoms with Crippen molar-refractivity contribution < 1.29 is 0 Å². The summed E-state index contributed by atoms with van der Waals surface area (Å²) < 4.78 is 0. The van der Waals surface area contributed by atoms with E-state index in [1.165, 1.54) is 54.5 Å². The fourth-order valence-corrected chi connectivity index (χ4v) is 4.18. The maximum absolute atomic E-state index is 5.21. The van der Waals surface area contributed by atoms with Crippen LogP contribution in [0, 0.1) is 0 Å². The summed E-state index contributed by atoms with van der Waals surface area (Å²) in [6.45, 7) is 5.34. The minimum absolute atomic E-state index is 0.112. The second-order valence-corrected chi connectivity index (χ2v) is 8.22. The van der Waals surface area contributed by atoms with Crippen LogP contribution >= 0.6 is 0 Å². The molecule has 1 saturated carbocycles. The number of para-hydroxylation sites is 1. The molecule has 0 radical (unpaired) electrons. The standard InChI is InChI=1S/C24H31N3/c1-17(2)18-12-14-19(15-13-18)23-24(26-21-9-4-3-5-10-21)27-22-11-7-6-8-20(22)16-25-23/h6-8,11-15,17,21,23,25H,3-5,9-10,16H2,1-2H3,(H,26,27)/t23-/m1/s1. The smallest absolute Gasteiger partial charge is 0.123 e. The third-order valence-corrected chi connectivity index (χ3v) is 5.88. The highest BCUT2D eigenvalue weighted by Crippen LogP contribution is 2.28. The van der Waals surface area contributed by atoms with E-state index >= 15 is 0 Å². The number of anilines is 1. The molecule has 2 aromatic rings. The molecule has 0 spiro atoms. The molecule has 0 amide bonds. The van der Waals surface area contributed by atoms with Crippen LogP contribution in [0.15, 0.2) is 53.5 Å². The maximum Gasteiger partial charge on any atom is 0.123 e. The Kier molecular flexibility index (Phi) is 5.58. The lowest BCUT2D eigenvalue weighted by molar-refractivity contribution is 0.441. The first-order valence-electron chi connectivity index (χ1n) is 10.5. The van der Waals surface area contributed by atoms with E-state index in [1.807, 2.05) is 0 Å². The van der Waals surface area contributed by atoms with Crippen LogP contribution in [0.2, 0.25) is 0 Å². The van der Waals surface area contributed by atoms with Crippen LogP contribution in [0.1, 0.15) is 74.6 Å². The third-order valence-electron chi connectivity index (χ3n) is 5.88. The van der Waals surface area contributed by atoms with Gasteiger partial charge in [0.15, 0.2) is 0 Å². The predicted octanol–water partition coefficient (Wildman–Crippen LogP) is 5.80. The summed E-state index contributed by atoms with van der Waals surface area (Å²) in [6.07, 6.45) is 6.39. The molecule has 2 aromatic carbocycles. The molecule has 27 heavy (non-hydrogen) atoms. The van der Waals surface area contributed by atoms with Crippen molar-refractivity contribution in [3.8, 4) is 0 Å². The first-order chi connectivity index (χ1) is 13.2. The van der Waals surface area contributed by atoms with Crippen molar-refractivity contribution in [3.63, 3.8) is 0 Å². The molecule has 0 saturated heterocycles. The molecule has 0 aromatic heterocycles. The van der Waals surface area contributed by atoms with E-state index < -0.39 is 0 Å². The molecule has 0 bridgehead atoms. The van der Waals surface area contributed by atoms with Crippen LogP contribution in [0.4, 0.5) is 5.69 Å². The van der Waals surface area contributed by atoms with Crippen LogP contribution in [0.25, 0.3) is 0 Å². The first-order valence-corrected chi connectivity index (χ1v) is 10.5. The maximum atomic E-state index is 5.21. The lowest BCUT2D eigenvalue weighted by Crippen LogP contribution is -2.31. The molecule has 1 heterocycles. The van der Waals surface area contributed by atoms with Crippen LogP contribution in [-0.4, -0.2) is 11.9 Å². The molecule has 1 fully saturated rings. The lowest BCUT2D eigenvalue weighted by Gasteiger charge is -2.24. The second-order valence-electron chi connectivity index (χ2n) is 8.22. The normalized spacial score (nSPS) is 22.3. The Balaban J connectivity index is 1.67. The van der Waals surface area contributed by atoms with Crippen molar-refractivity contribution in [3.05, 3.63) is 65.2 Å². The van der Waals surface area contributed by atoms with Gasteiger partial charge in [0, 0.05) is 12.2 Å². The summed E-state index contributed by atoms with van der Waals surface area (Å²) >= 11 is 0. The fraction of sp³-hybridized carbons (Fsp3) is 0.458.